The molecule has 2 heterocycles. The highest BCUT2D eigenvalue weighted by molar-refractivity contribution is 4.91. The molecule has 0 bridgehead atoms. The molecule has 0 aromatic carbocycles. The van der Waals surface area contributed by atoms with Crippen molar-refractivity contribution in [2.75, 3.05) is 6.61 Å². The topological polar surface area (TPSA) is 146 Å². The van der Waals surface area contributed by atoms with Gasteiger partial charge in [-0.1, -0.05) is 5.11 Å². The Kier molecular flexibility index (Phi) is 3.65. The van der Waals surface area contributed by atoms with Gasteiger partial charge in [-0.05, 0) is 12.5 Å². The zero-order valence-electron chi connectivity index (χ0n) is 10.1. The first kappa shape index (κ1) is 13.3. The number of aliphatic hydroxyl groups excluding tert-OH is 1. The van der Waals surface area contributed by atoms with Crippen LogP contribution in [0, 0.1) is 6.92 Å². The highest BCUT2D eigenvalue weighted by atomic mass is 16.5. The molecule has 0 aliphatic carbocycles. The normalized spacial score (nSPS) is 26.1. The number of ether oxygens (including phenoxy) is 1. The standard InChI is InChI=1S/C9H12N6O4/c1-4-8(17)11-9(18)15(13-4)7-2-5(12-14-10)6(3-16)19-7/h5-7,16H,2-3H2,1H3,(H,11,17,18)/t5?,6-,7-/m1/s1. The number of H-pyrrole nitrogens is 1. The SMILES string of the molecule is Cc1nn([C@H]2CC(N=[N+]=[N-])[C@@H](CO)O2)c(=O)[nH]c1=O. The Bertz CT molecular complexity index is 630. The summed E-state index contributed by atoms with van der Waals surface area (Å²) >= 11 is 0. The van der Waals surface area contributed by atoms with Gasteiger partial charge in [-0.3, -0.25) is 9.78 Å². The third-order valence-corrected chi connectivity index (χ3v) is 2.87. The van der Waals surface area contributed by atoms with Crippen molar-refractivity contribution >= 4 is 0 Å². The number of rotatable bonds is 3. The second-order valence-corrected chi connectivity index (χ2v) is 4.11. The van der Waals surface area contributed by atoms with Crippen molar-refractivity contribution in [3.8, 4) is 0 Å². The van der Waals surface area contributed by atoms with Crippen LogP contribution in [0.2, 0.25) is 0 Å². The number of hydrogen-bond donors (Lipinski definition) is 2. The van der Waals surface area contributed by atoms with Gasteiger partial charge in [0.15, 0.2) is 6.23 Å². The lowest BCUT2D eigenvalue weighted by Gasteiger charge is -2.13. The largest absolute Gasteiger partial charge is 0.394 e. The molecule has 0 amide bonds. The number of hydrogen-bond acceptors (Lipinski definition) is 6. The lowest BCUT2D eigenvalue weighted by molar-refractivity contribution is -0.0338. The number of aliphatic hydroxyl groups is 1. The predicted octanol–water partition coefficient (Wildman–Crippen LogP) is -0.801. The van der Waals surface area contributed by atoms with Crippen molar-refractivity contribution in [3.05, 3.63) is 37.0 Å². The number of aromatic amines is 1. The van der Waals surface area contributed by atoms with Crippen LogP contribution in [0.5, 0.6) is 0 Å². The van der Waals surface area contributed by atoms with E-state index in [-0.39, 0.29) is 18.7 Å². The van der Waals surface area contributed by atoms with Crippen LogP contribution in [-0.2, 0) is 4.74 Å². The minimum atomic E-state index is -0.782. The number of nitrogens with one attached hydrogen (secondary N) is 1. The maximum atomic E-state index is 11.6. The Labute approximate surface area is 106 Å². The molecule has 0 spiro atoms. The summed E-state index contributed by atoms with van der Waals surface area (Å²) in [7, 11) is 0. The smallest absolute Gasteiger partial charge is 0.347 e. The van der Waals surface area contributed by atoms with Crippen molar-refractivity contribution < 1.29 is 9.84 Å². The van der Waals surface area contributed by atoms with Gasteiger partial charge in [0.2, 0.25) is 0 Å². The van der Waals surface area contributed by atoms with Gasteiger partial charge >= 0.3 is 5.69 Å². The fourth-order valence-corrected chi connectivity index (χ4v) is 1.91. The van der Waals surface area contributed by atoms with Gasteiger partial charge in [0.05, 0.1) is 18.8 Å². The predicted molar refractivity (Wildman–Crippen MR) is 62.4 cm³/mol. The van der Waals surface area contributed by atoms with Gasteiger partial charge in [0.25, 0.3) is 5.56 Å². The van der Waals surface area contributed by atoms with E-state index in [0.29, 0.717) is 0 Å². The molecule has 1 saturated heterocycles. The number of aryl methyl sites for hydroxylation is 1. The van der Waals surface area contributed by atoms with Gasteiger partial charge in [-0.2, -0.15) is 9.78 Å². The number of aromatic nitrogens is 3. The van der Waals surface area contributed by atoms with E-state index in [9.17, 15) is 9.59 Å². The molecule has 1 aromatic heterocycles. The van der Waals surface area contributed by atoms with Crippen molar-refractivity contribution in [1.29, 1.82) is 0 Å². The van der Waals surface area contributed by atoms with Gasteiger partial charge in [-0.15, -0.1) is 0 Å². The highest BCUT2D eigenvalue weighted by Gasteiger charge is 2.36. The summed E-state index contributed by atoms with van der Waals surface area (Å²) in [4.78, 5) is 27.6. The molecule has 1 unspecified atom stereocenters. The molecule has 1 aromatic rings. The average Bonchev–Trinajstić information content (AvgIpc) is 2.77. The van der Waals surface area contributed by atoms with Crippen molar-refractivity contribution in [2.24, 2.45) is 5.11 Å². The van der Waals surface area contributed by atoms with Crippen LogP contribution in [-0.4, -0.2) is 38.6 Å². The van der Waals surface area contributed by atoms with Crippen LogP contribution < -0.4 is 11.2 Å². The monoisotopic (exact) mass is 268 g/mol. The molecular weight excluding hydrogens is 256 g/mol. The average molecular weight is 268 g/mol. The van der Waals surface area contributed by atoms with E-state index in [0.717, 1.165) is 4.68 Å². The van der Waals surface area contributed by atoms with Crippen molar-refractivity contribution in [2.45, 2.75) is 31.7 Å². The summed E-state index contributed by atoms with van der Waals surface area (Å²) in [5.41, 5.74) is 7.27. The number of azide groups is 1. The van der Waals surface area contributed by atoms with Crippen LogP contribution >= 0.6 is 0 Å². The molecule has 102 valence electrons. The van der Waals surface area contributed by atoms with Gasteiger partial charge < -0.3 is 9.84 Å². The minimum Gasteiger partial charge on any atom is -0.394 e. The molecule has 1 aliphatic rings. The Morgan fingerprint density at radius 2 is 2.42 bits per heavy atom. The van der Waals surface area contributed by atoms with Crippen molar-refractivity contribution in [3.63, 3.8) is 0 Å². The second kappa shape index (κ2) is 5.22. The lowest BCUT2D eigenvalue weighted by atomic mass is 10.1. The lowest BCUT2D eigenvalue weighted by Crippen LogP contribution is -2.36. The van der Waals surface area contributed by atoms with E-state index in [2.05, 4.69) is 20.1 Å². The van der Waals surface area contributed by atoms with E-state index in [4.69, 9.17) is 15.4 Å². The zero-order valence-corrected chi connectivity index (χ0v) is 10.1. The maximum absolute atomic E-state index is 11.6. The Morgan fingerprint density at radius 3 is 3.05 bits per heavy atom. The summed E-state index contributed by atoms with van der Waals surface area (Å²) in [5, 5.41) is 16.5. The van der Waals surface area contributed by atoms with Gasteiger partial charge in [0, 0.05) is 11.3 Å². The molecule has 0 saturated carbocycles. The van der Waals surface area contributed by atoms with E-state index >= 15 is 0 Å². The third kappa shape index (κ3) is 2.50. The Morgan fingerprint density at radius 1 is 1.68 bits per heavy atom. The summed E-state index contributed by atoms with van der Waals surface area (Å²) in [6, 6.07) is -0.582. The minimum absolute atomic E-state index is 0.121. The first-order chi connectivity index (χ1) is 9.06. The van der Waals surface area contributed by atoms with E-state index < -0.39 is 29.6 Å². The number of nitrogens with zero attached hydrogens (tertiary/aromatic N) is 5. The Balaban J connectivity index is 2.34. The molecule has 2 N–H and O–H groups in total. The van der Waals surface area contributed by atoms with E-state index in [1.807, 2.05) is 0 Å². The highest BCUT2D eigenvalue weighted by Crippen LogP contribution is 2.29. The van der Waals surface area contributed by atoms with Crippen molar-refractivity contribution in [1.82, 2.24) is 14.8 Å². The molecule has 10 heteroatoms. The maximum Gasteiger partial charge on any atom is 0.347 e. The first-order valence-corrected chi connectivity index (χ1v) is 5.57. The molecule has 19 heavy (non-hydrogen) atoms. The van der Waals surface area contributed by atoms with E-state index in [1.165, 1.54) is 6.92 Å². The molecular formula is C9H12N6O4. The summed E-state index contributed by atoms with van der Waals surface area (Å²) in [5.74, 6) is 0. The quantitative estimate of drug-likeness (QED) is 0.418. The van der Waals surface area contributed by atoms with Crippen LogP contribution in [0.4, 0.5) is 0 Å². The van der Waals surface area contributed by atoms with Crippen LogP contribution in [0.25, 0.3) is 10.4 Å². The van der Waals surface area contributed by atoms with E-state index in [1.54, 1.807) is 0 Å². The van der Waals surface area contributed by atoms with Gasteiger partial charge in [0.1, 0.15) is 5.69 Å². The van der Waals surface area contributed by atoms with Crippen LogP contribution in [0.15, 0.2) is 14.7 Å². The zero-order chi connectivity index (χ0) is 14.0. The molecule has 10 nitrogen and oxygen atoms in total. The summed E-state index contributed by atoms with van der Waals surface area (Å²) < 4.78 is 6.38. The summed E-state index contributed by atoms with van der Waals surface area (Å²) in [6.45, 7) is 1.12. The van der Waals surface area contributed by atoms with Crippen LogP contribution in [0.3, 0.4) is 0 Å². The molecule has 2 rings (SSSR count). The second-order valence-electron chi connectivity index (χ2n) is 4.11. The first-order valence-electron chi connectivity index (χ1n) is 5.57. The fraction of sp³-hybridized carbons (Fsp3) is 0.667. The van der Waals surface area contributed by atoms with Gasteiger partial charge in [-0.25, -0.2) is 4.79 Å². The molecule has 1 fully saturated rings. The molecule has 1 aliphatic heterocycles. The summed E-state index contributed by atoms with van der Waals surface area (Å²) in [6.07, 6.45) is -1.27. The fourth-order valence-electron chi connectivity index (χ4n) is 1.91. The van der Waals surface area contributed by atoms with Crippen LogP contribution in [0.1, 0.15) is 18.3 Å². The Hall–Kier alpha value is -2.16. The molecule has 0 radical (unpaired) electrons. The molecule has 3 atom stereocenters. The third-order valence-electron chi connectivity index (χ3n) is 2.87.